The minimum absolute atomic E-state index is 0.0272. The Kier molecular flexibility index (Phi) is 1.84. The van der Waals surface area contributed by atoms with Crippen molar-refractivity contribution in [3.63, 3.8) is 0 Å². The van der Waals surface area contributed by atoms with E-state index in [4.69, 9.17) is 0 Å². The van der Waals surface area contributed by atoms with Crippen LogP contribution >= 0.6 is 0 Å². The lowest BCUT2D eigenvalue weighted by Crippen LogP contribution is -2.19. The van der Waals surface area contributed by atoms with Crippen LogP contribution < -0.4 is 0 Å². The van der Waals surface area contributed by atoms with Gasteiger partial charge in [0.25, 0.3) is 0 Å². The van der Waals surface area contributed by atoms with E-state index in [1.54, 1.807) is 0 Å². The second-order valence-corrected chi connectivity index (χ2v) is 3.85. The van der Waals surface area contributed by atoms with Crippen LogP contribution in [-0.2, 0) is 4.79 Å². The molecule has 1 saturated carbocycles. The maximum atomic E-state index is 11.3. The Morgan fingerprint density at radius 2 is 2.30 bits per heavy atom. The Balaban J connectivity index is 2.70. The maximum Gasteiger partial charge on any atom is 0.139 e. The standard InChI is InChI=1S/C9H16O/c1-4-9(3)6-7(2)5-8(9)10/h7H,4-6H2,1-3H3/t7-,9+/m1/s1. The average Bonchev–Trinajstić information content (AvgIpc) is 2.09. The zero-order chi connectivity index (χ0) is 7.78. The van der Waals surface area contributed by atoms with Gasteiger partial charge in [-0.2, -0.15) is 0 Å². The Morgan fingerprint density at radius 1 is 1.70 bits per heavy atom. The molecule has 1 aliphatic carbocycles. The monoisotopic (exact) mass is 140 g/mol. The lowest BCUT2D eigenvalue weighted by Gasteiger charge is -2.18. The van der Waals surface area contributed by atoms with Crippen molar-refractivity contribution in [2.75, 3.05) is 0 Å². The van der Waals surface area contributed by atoms with E-state index in [1.807, 2.05) is 0 Å². The lowest BCUT2D eigenvalue weighted by molar-refractivity contribution is -0.125. The minimum Gasteiger partial charge on any atom is -0.299 e. The highest BCUT2D eigenvalue weighted by Gasteiger charge is 2.39. The van der Waals surface area contributed by atoms with Crippen molar-refractivity contribution in [3.8, 4) is 0 Å². The third-order valence-corrected chi connectivity index (χ3v) is 2.79. The smallest absolute Gasteiger partial charge is 0.139 e. The molecule has 1 aliphatic rings. The summed E-state index contributed by atoms with van der Waals surface area (Å²) in [6.07, 6.45) is 2.92. The second-order valence-electron chi connectivity index (χ2n) is 3.85. The van der Waals surface area contributed by atoms with E-state index in [2.05, 4.69) is 20.8 Å². The summed E-state index contributed by atoms with van der Waals surface area (Å²) in [6, 6.07) is 0. The number of hydrogen-bond donors (Lipinski definition) is 0. The van der Waals surface area contributed by atoms with Crippen molar-refractivity contribution in [1.82, 2.24) is 0 Å². The largest absolute Gasteiger partial charge is 0.299 e. The molecule has 0 aromatic carbocycles. The molecule has 10 heavy (non-hydrogen) atoms. The topological polar surface area (TPSA) is 17.1 Å². The molecule has 58 valence electrons. The zero-order valence-corrected chi connectivity index (χ0v) is 7.11. The number of rotatable bonds is 1. The van der Waals surface area contributed by atoms with E-state index in [9.17, 15) is 4.79 Å². The van der Waals surface area contributed by atoms with Crippen molar-refractivity contribution < 1.29 is 4.79 Å². The molecule has 1 fully saturated rings. The van der Waals surface area contributed by atoms with Crippen molar-refractivity contribution >= 4 is 5.78 Å². The number of ketones is 1. The molecule has 0 aromatic rings. The summed E-state index contributed by atoms with van der Waals surface area (Å²) >= 11 is 0. The quantitative estimate of drug-likeness (QED) is 0.546. The molecule has 1 heteroatoms. The average molecular weight is 140 g/mol. The van der Waals surface area contributed by atoms with Gasteiger partial charge in [0.2, 0.25) is 0 Å². The fourth-order valence-electron chi connectivity index (χ4n) is 1.86. The van der Waals surface area contributed by atoms with Crippen LogP contribution in [0.1, 0.15) is 40.0 Å². The molecule has 0 heterocycles. The van der Waals surface area contributed by atoms with Crippen LogP contribution in [0.5, 0.6) is 0 Å². The number of hydrogen-bond acceptors (Lipinski definition) is 1. The van der Waals surface area contributed by atoms with Crippen LogP contribution in [0, 0.1) is 11.3 Å². The van der Waals surface area contributed by atoms with E-state index in [-0.39, 0.29) is 5.41 Å². The number of carbonyl (C=O) groups is 1. The van der Waals surface area contributed by atoms with Gasteiger partial charge in [0.15, 0.2) is 0 Å². The second kappa shape index (κ2) is 2.37. The van der Waals surface area contributed by atoms with Crippen LogP contribution in [0.2, 0.25) is 0 Å². The van der Waals surface area contributed by atoms with Gasteiger partial charge in [-0.05, 0) is 18.8 Å². The van der Waals surface area contributed by atoms with Crippen LogP contribution in [0.15, 0.2) is 0 Å². The Bertz CT molecular complexity index is 151. The summed E-state index contributed by atoms with van der Waals surface area (Å²) in [7, 11) is 0. The molecule has 0 bridgehead atoms. The van der Waals surface area contributed by atoms with Gasteiger partial charge in [0.1, 0.15) is 5.78 Å². The van der Waals surface area contributed by atoms with E-state index in [0.29, 0.717) is 11.7 Å². The minimum atomic E-state index is 0.0272. The van der Waals surface area contributed by atoms with E-state index in [1.165, 1.54) is 0 Å². The molecule has 0 unspecified atom stereocenters. The molecule has 1 rings (SSSR count). The van der Waals surface area contributed by atoms with Crippen LogP contribution in [0.3, 0.4) is 0 Å². The fourth-order valence-corrected chi connectivity index (χ4v) is 1.86. The lowest BCUT2D eigenvalue weighted by atomic mass is 9.84. The van der Waals surface area contributed by atoms with Crippen LogP contribution in [0.25, 0.3) is 0 Å². The molecule has 0 amide bonds. The molecule has 0 N–H and O–H groups in total. The SMILES string of the molecule is CC[C@@]1(C)C[C@H](C)CC1=O. The van der Waals surface area contributed by atoms with Gasteiger partial charge in [-0.25, -0.2) is 0 Å². The van der Waals surface area contributed by atoms with E-state index < -0.39 is 0 Å². The maximum absolute atomic E-state index is 11.3. The molecular formula is C9H16O. The molecule has 0 radical (unpaired) electrons. The van der Waals surface area contributed by atoms with Gasteiger partial charge in [0.05, 0.1) is 0 Å². The Labute approximate surface area is 62.8 Å². The third kappa shape index (κ3) is 1.09. The molecule has 0 aromatic heterocycles. The summed E-state index contributed by atoms with van der Waals surface area (Å²) in [5.41, 5.74) is 0.0272. The highest BCUT2D eigenvalue weighted by Crippen LogP contribution is 2.40. The summed E-state index contributed by atoms with van der Waals surface area (Å²) < 4.78 is 0. The van der Waals surface area contributed by atoms with Crippen LogP contribution in [0.4, 0.5) is 0 Å². The summed E-state index contributed by atoms with van der Waals surface area (Å²) in [4.78, 5) is 11.3. The highest BCUT2D eigenvalue weighted by atomic mass is 16.1. The summed E-state index contributed by atoms with van der Waals surface area (Å²) in [5.74, 6) is 1.10. The first kappa shape index (κ1) is 7.77. The first-order chi connectivity index (χ1) is 4.58. The molecule has 2 atom stereocenters. The van der Waals surface area contributed by atoms with E-state index in [0.717, 1.165) is 19.3 Å². The Hall–Kier alpha value is -0.330. The zero-order valence-electron chi connectivity index (χ0n) is 7.11. The first-order valence-electron chi connectivity index (χ1n) is 4.12. The number of carbonyl (C=O) groups excluding carboxylic acids is 1. The molecule has 0 spiro atoms. The summed E-state index contributed by atoms with van der Waals surface area (Å²) in [6.45, 7) is 6.37. The van der Waals surface area contributed by atoms with Crippen molar-refractivity contribution in [2.45, 2.75) is 40.0 Å². The van der Waals surface area contributed by atoms with Gasteiger partial charge in [-0.3, -0.25) is 4.79 Å². The normalized spacial score (nSPS) is 40.7. The van der Waals surface area contributed by atoms with Gasteiger partial charge >= 0.3 is 0 Å². The molecule has 0 aliphatic heterocycles. The van der Waals surface area contributed by atoms with Crippen molar-refractivity contribution in [2.24, 2.45) is 11.3 Å². The van der Waals surface area contributed by atoms with Gasteiger partial charge in [-0.15, -0.1) is 0 Å². The first-order valence-corrected chi connectivity index (χ1v) is 4.12. The predicted molar refractivity (Wildman–Crippen MR) is 41.8 cm³/mol. The number of Topliss-reactive ketones (excluding diaryl/α,β-unsaturated/α-hetero) is 1. The van der Waals surface area contributed by atoms with Gasteiger partial charge < -0.3 is 0 Å². The fraction of sp³-hybridized carbons (Fsp3) is 0.889. The van der Waals surface area contributed by atoms with E-state index >= 15 is 0 Å². The summed E-state index contributed by atoms with van der Waals surface area (Å²) in [5, 5.41) is 0. The molecule has 0 saturated heterocycles. The van der Waals surface area contributed by atoms with Gasteiger partial charge in [-0.1, -0.05) is 20.8 Å². The molecular weight excluding hydrogens is 124 g/mol. The van der Waals surface area contributed by atoms with Crippen LogP contribution in [-0.4, -0.2) is 5.78 Å². The highest BCUT2D eigenvalue weighted by molar-refractivity contribution is 5.86. The Morgan fingerprint density at radius 3 is 2.50 bits per heavy atom. The van der Waals surface area contributed by atoms with Crippen molar-refractivity contribution in [3.05, 3.63) is 0 Å². The van der Waals surface area contributed by atoms with Gasteiger partial charge in [0, 0.05) is 11.8 Å². The molecule has 1 nitrogen and oxygen atoms in total. The van der Waals surface area contributed by atoms with Crippen molar-refractivity contribution in [1.29, 1.82) is 0 Å². The predicted octanol–water partition coefficient (Wildman–Crippen LogP) is 2.40. The third-order valence-electron chi connectivity index (χ3n) is 2.79.